The third kappa shape index (κ3) is 5.46. The molecule has 0 heterocycles. The highest BCUT2D eigenvalue weighted by atomic mass is 16.5. The molecule has 1 aliphatic carbocycles. The van der Waals surface area contributed by atoms with Crippen LogP contribution in [0.3, 0.4) is 0 Å². The van der Waals surface area contributed by atoms with E-state index in [1.807, 2.05) is 6.92 Å². The molecule has 110 valence electrons. The fourth-order valence-electron chi connectivity index (χ4n) is 2.47. The van der Waals surface area contributed by atoms with Crippen LogP contribution in [0.5, 0.6) is 0 Å². The van der Waals surface area contributed by atoms with Gasteiger partial charge in [0.1, 0.15) is 0 Å². The first-order valence-electron chi connectivity index (χ1n) is 6.84. The first-order valence-corrected chi connectivity index (χ1v) is 6.84. The quantitative estimate of drug-likeness (QED) is 0.681. The summed E-state index contributed by atoms with van der Waals surface area (Å²) < 4.78 is 4.74. The highest BCUT2D eigenvalue weighted by Gasteiger charge is 2.22. The Morgan fingerprint density at radius 1 is 1.32 bits per heavy atom. The Hall–Kier alpha value is -1.30. The van der Waals surface area contributed by atoms with E-state index < -0.39 is 12.1 Å². The molecule has 3 N–H and O–H groups in total. The van der Waals surface area contributed by atoms with Crippen molar-refractivity contribution in [3.8, 4) is 0 Å². The maximum Gasteiger partial charge on any atom is 0.334 e. The number of methoxy groups -OCH3 is 1. The number of carboxylic acid groups (broad SMARTS) is 1. The Morgan fingerprint density at radius 3 is 2.47 bits per heavy atom. The molecule has 1 saturated carbocycles. The monoisotopic (exact) mass is 272 g/mol. The molecule has 0 spiro atoms. The van der Waals surface area contributed by atoms with Crippen LogP contribution in [0.15, 0.2) is 0 Å². The van der Waals surface area contributed by atoms with Crippen molar-refractivity contribution in [2.45, 2.75) is 51.2 Å². The molecular formula is C13H24N2O4. The summed E-state index contributed by atoms with van der Waals surface area (Å²) in [4.78, 5) is 22.4. The highest BCUT2D eigenvalue weighted by molar-refractivity contribution is 5.77. The number of urea groups is 1. The Morgan fingerprint density at radius 2 is 1.95 bits per heavy atom. The van der Waals surface area contributed by atoms with Crippen LogP contribution in [-0.2, 0) is 9.53 Å². The molecule has 19 heavy (non-hydrogen) atoms. The van der Waals surface area contributed by atoms with Crippen LogP contribution in [0.4, 0.5) is 4.79 Å². The Kier molecular flexibility index (Phi) is 6.62. The number of ether oxygens (including phenoxy) is 1. The summed E-state index contributed by atoms with van der Waals surface area (Å²) in [6, 6.07) is -0.215. The van der Waals surface area contributed by atoms with Crippen molar-refractivity contribution in [1.82, 2.24) is 10.6 Å². The minimum atomic E-state index is -1.08. The van der Waals surface area contributed by atoms with Crippen LogP contribution in [0.2, 0.25) is 0 Å². The van der Waals surface area contributed by atoms with Crippen LogP contribution in [0, 0.1) is 5.92 Å². The van der Waals surface area contributed by atoms with Crippen molar-refractivity contribution in [2.75, 3.05) is 13.7 Å². The minimum Gasteiger partial charge on any atom is -0.479 e. The Balaban J connectivity index is 2.27. The normalized spacial score (nSPS) is 19.5. The van der Waals surface area contributed by atoms with Crippen molar-refractivity contribution >= 4 is 12.0 Å². The fourth-order valence-corrected chi connectivity index (χ4v) is 2.47. The zero-order valence-corrected chi connectivity index (χ0v) is 11.6. The first kappa shape index (κ1) is 15.8. The van der Waals surface area contributed by atoms with Crippen molar-refractivity contribution in [3.05, 3.63) is 0 Å². The molecule has 1 fully saturated rings. The molecule has 1 rings (SSSR count). The summed E-state index contributed by atoms with van der Waals surface area (Å²) in [5, 5.41) is 14.2. The standard InChI is InChI=1S/C13H24N2O4/c1-9(10-6-4-3-5-7-10)15-13(18)14-8-11(19-2)12(16)17/h9-11H,3-8H2,1-2H3,(H,16,17)(H2,14,15,18). The van der Waals surface area contributed by atoms with Gasteiger partial charge in [0.05, 0.1) is 6.54 Å². The molecule has 2 unspecified atom stereocenters. The molecule has 2 atom stereocenters. The van der Waals surface area contributed by atoms with E-state index in [-0.39, 0.29) is 18.6 Å². The molecule has 0 bridgehead atoms. The SMILES string of the molecule is COC(CNC(=O)NC(C)C1CCCCC1)C(=O)O. The summed E-state index contributed by atoms with van der Waals surface area (Å²) in [7, 11) is 1.31. The number of nitrogens with one attached hydrogen (secondary N) is 2. The Bertz CT molecular complexity index is 303. The summed E-state index contributed by atoms with van der Waals surface area (Å²) in [5.74, 6) is -0.555. The van der Waals surface area contributed by atoms with Gasteiger partial charge in [0.2, 0.25) is 0 Å². The van der Waals surface area contributed by atoms with Gasteiger partial charge in [-0.1, -0.05) is 19.3 Å². The van der Waals surface area contributed by atoms with Gasteiger partial charge in [-0.15, -0.1) is 0 Å². The van der Waals surface area contributed by atoms with Gasteiger partial charge in [-0.25, -0.2) is 9.59 Å². The molecular weight excluding hydrogens is 248 g/mol. The van der Waals surface area contributed by atoms with E-state index >= 15 is 0 Å². The van der Waals surface area contributed by atoms with E-state index in [0.29, 0.717) is 5.92 Å². The summed E-state index contributed by atoms with van der Waals surface area (Å²) >= 11 is 0. The lowest BCUT2D eigenvalue weighted by Crippen LogP contribution is -2.47. The number of carbonyl (C=O) groups excluding carboxylic acids is 1. The van der Waals surface area contributed by atoms with E-state index in [0.717, 1.165) is 12.8 Å². The average molecular weight is 272 g/mol. The van der Waals surface area contributed by atoms with Gasteiger partial charge in [-0.2, -0.15) is 0 Å². The topological polar surface area (TPSA) is 87.7 Å². The van der Waals surface area contributed by atoms with Gasteiger partial charge in [-0.3, -0.25) is 0 Å². The van der Waals surface area contributed by atoms with Crippen LogP contribution >= 0.6 is 0 Å². The van der Waals surface area contributed by atoms with Crippen molar-refractivity contribution in [2.24, 2.45) is 5.92 Å². The van der Waals surface area contributed by atoms with Crippen LogP contribution in [-0.4, -0.2) is 42.9 Å². The van der Waals surface area contributed by atoms with Crippen LogP contribution < -0.4 is 10.6 Å². The zero-order valence-electron chi connectivity index (χ0n) is 11.6. The molecule has 0 saturated heterocycles. The highest BCUT2D eigenvalue weighted by Crippen LogP contribution is 2.26. The molecule has 0 aromatic rings. The second-order valence-electron chi connectivity index (χ2n) is 5.10. The smallest absolute Gasteiger partial charge is 0.334 e. The lowest BCUT2D eigenvalue weighted by atomic mass is 9.85. The van der Waals surface area contributed by atoms with Gasteiger partial charge in [0.15, 0.2) is 6.10 Å². The van der Waals surface area contributed by atoms with Crippen LogP contribution in [0.25, 0.3) is 0 Å². The predicted octanol–water partition coefficient (Wildman–Crippen LogP) is 1.35. The van der Waals surface area contributed by atoms with Crippen molar-refractivity contribution in [1.29, 1.82) is 0 Å². The predicted molar refractivity (Wildman–Crippen MR) is 71.0 cm³/mol. The van der Waals surface area contributed by atoms with Gasteiger partial charge >= 0.3 is 12.0 Å². The second kappa shape index (κ2) is 7.99. The third-order valence-electron chi connectivity index (χ3n) is 3.72. The number of aliphatic carboxylic acids is 1. The average Bonchev–Trinajstić information content (AvgIpc) is 2.40. The minimum absolute atomic E-state index is 0.0327. The molecule has 2 amide bonds. The molecule has 1 aliphatic rings. The summed E-state index contributed by atoms with van der Waals surface area (Å²) in [5.41, 5.74) is 0. The maximum atomic E-state index is 11.7. The van der Waals surface area contributed by atoms with Gasteiger partial charge in [-0.05, 0) is 25.7 Å². The number of hydrogen-bond acceptors (Lipinski definition) is 3. The van der Waals surface area contributed by atoms with E-state index in [1.54, 1.807) is 0 Å². The van der Waals surface area contributed by atoms with Gasteiger partial charge in [0, 0.05) is 13.2 Å². The number of hydrogen-bond donors (Lipinski definition) is 3. The van der Waals surface area contributed by atoms with Crippen molar-refractivity contribution < 1.29 is 19.4 Å². The number of rotatable bonds is 6. The van der Waals surface area contributed by atoms with Crippen LogP contribution in [0.1, 0.15) is 39.0 Å². The molecule has 0 aliphatic heterocycles. The number of carbonyl (C=O) groups is 2. The first-order chi connectivity index (χ1) is 9.04. The molecule has 0 radical (unpaired) electrons. The molecule has 0 aromatic heterocycles. The largest absolute Gasteiger partial charge is 0.479 e. The number of amides is 2. The molecule has 6 nitrogen and oxygen atoms in total. The van der Waals surface area contributed by atoms with Crippen molar-refractivity contribution in [3.63, 3.8) is 0 Å². The van der Waals surface area contributed by atoms with Gasteiger partial charge in [0.25, 0.3) is 0 Å². The lowest BCUT2D eigenvalue weighted by molar-refractivity contribution is -0.147. The summed E-state index contributed by atoms with van der Waals surface area (Å²) in [6.07, 6.45) is 5.03. The van der Waals surface area contributed by atoms with E-state index in [4.69, 9.17) is 9.84 Å². The molecule has 6 heteroatoms. The van der Waals surface area contributed by atoms with E-state index in [2.05, 4.69) is 10.6 Å². The summed E-state index contributed by atoms with van der Waals surface area (Å²) in [6.45, 7) is 1.97. The maximum absolute atomic E-state index is 11.7. The lowest BCUT2D eigenvalue weighted by Gasteiger charge is -2.28. The molecule has 0 aromatic carbocycles. The fraction of sp³-hybridized carbons (Fsp3) is 0.846. The number of carboxylic acids is 1. The second-order valence-corrected chi connectivity index (χ2v) is 5.10. The van der Waals surface area contributed by atoms with E-state index in [9.17, 15) is 9.59 Å². The van der Waals surface area contributed by atoms with E-state index in [1.165, 1.54) is 26.4 Å². The van der Waals surface area contributed by atoms with Gasteiger partial charge < -0.3 is 20.5 Å². The third-order valence-corrected chi connectivity index (χ3v) is 3.72. The Labute approximate surface area is 113 Å². The zero-order chi connectivity index (χ0) is 14.3.